The molecule has 0 saturated carbocycles. The van der Waals surface area contributed by atoms with Gasteiger partial charge in [-0.1, -0.05) is 0 Å². The van der Waals surface area contributed by atoms with Crippen molar-refractivity contribution >= 4 is 16.0 Å². The normalized spacial score (nSPS) is 29.8. The fourth-order valence-corrected chi connectivity index (χ4v) is 4.34. The summed E-state index contributed by atoms with van der Waals surface area (Å²) in [6, 6.07) is 0. The summed E-state index contributed by atoms with van der Waals surface area (Å²) in [6.07, 6.45) is 2.21. The maximum Gasteiger partial charge on any atom is 0.303 e. The lowest BCUT2D eigenvalue weighted by molar-refractivity contribution is -0.137. The second-order valence-electron chi connectivity index (χ2n) is 5.02. The van der Waals surface area contributed by atoms with E-state index in [-0.39, 0.29) is 24.2 Å². The van der Waals surface area contributed by atoms with Gasteiger partial charge in [0.1, 0.15) is 0 Å². The number of ether oxygens (including phenoxy) is 1. The van der Waals surface area contributed by atoms with Crippen LogP contribution in [0.25, 0.3) is 0 Å². The van der Waals surface area contributed by atoms with E-state index in [1.54, 1.807) is 0 Å². The molecule has 104 valence electrons. The van der Waals surface area contributed by atoms with Crippen molar-refractivity contribution in [3.05, 3.63) is 0 Å². The third kappa shape index (κ3) is 3.43. The fraction of sp³-hybridized carbons (Fsp3) is 0.909. The Labute approximate surface area is 107 Å². The van der Waals surface area contributed by atoms with Crippen LogP contribution in [-0.2, 0) is 19.6 Å². The summed E-state index contributed by atoms with van der Waals surface area (Å²) in [4.78, 5) is 10.6. The van der Waals surface area contributed by atoms with Crippen molar-refractivity contribution in [1.82, 2.24) is 4.31 Å². The van der Waals surface area contributed by atoms with Crippen LogP contribution < -0.4 is 0 Å². The van der Waals surface area contributed by atoms with Gasteiger partial charge in [-0.3, -0.25) is 4.79 Å². The van der Waals surface area contributed by atoms with E-state index in [1.807, 2.05) is 0 Å². The van der Waals surface area contributed by atoms with Crippen LogP contribution >= 0.6 is 0 Å². The Bertz CT molecular complexity index is 402. The summed E-state index contributed by atoms with van der Waals surface area (Å²) in [5.74, 6) is -0.882. The summed E-state index contributed by atoms with van der Waals surface area (Å²) in [5, 5.41) is 8.70. The van der Waals surface area contributed by atoms with Gasteiger partial charge in [0.25, 0.3) is 0 Å². The van der Waals surface area contributed by atoms with E-state index in [2.05, 4.69) is 0 Å². The number of carbonyl (C=O) groups is 1. The first-order valence-corrected chi connectivity index (χ1v) is 7.89. The van der Waals surface area contributed by atoms with Crippen molar-refractivity contribution in [3.63, 3.8) is 0 Å². The zero-order chi connectivity index (χ0) is 13.2. The first-order chi connectivity index (χ1) is 8.47. The molecular weight excluding hydrogens is 258 g/mol. The molecule has 1 N–H and O–H groups in total. The van der Waals surface area contributed by atoms with Crippen LogP contribution in [0.3, 0.4) is 0 Å². The van der Waals surface area contributed by atoms with E-state index in [4.69, 9.17) is 9.84 Å². The Balaban J connectivity index is 1.88. The first kappa shape index (κ1) is 13.8. The molecule has 0 aromatic rings. The van der Waals surface area contributed by atoms with Gasteiger partial charge < -0.3 is 9.84 Å². The second-order valence-corrected chi connectivity index (χ2v) is 7.04. The molecule has 18 heavy (non-hydrogen) atoms. The smallest absolute Gasteiger partial charge is 0.303 e. The van der Waals surface area contributed by atoms with Gasteiger partial charge in [-0.2, -0.15) is 0 Å². The van der Waals surface area contributed by atoms with E-state index >= 15 is 0 Å². The van der Waals surface area contributed by atoms with Gasteiger partial charge in [-0.15, -0.1) is 0 Å². The average Bonchev–Trinajstić information content (AvgIpc) is 2.87. The standard InChI is InChI=1S/C11H19NO5S/c13-11(14)6-9-3-4-12(7-9)18(15,16)8-10-2-1-5-17-10/h9-10H,1-8H2,(H,13,14). The lowest BCUT2D eigenvalue weighted by atomic mass is 10.1. The summed E-state index contributed by atoms with van der Waals surface area (Å²) >= 11 is 0. The predicted molar refractivity (Wildman–Crippen MR) is 64.7 cm³/mol. The molecule has 0 amide bonds. The molecule has 2 rings (SSSR count). The molecule has 0 bridgehead atoms. The second kappa shape index (κ2) is 5.54. The van der Waals surface area contributed by atoms with Gasteiger partial charge >= 0.3 is 5.97 Å². The lowest BCUT2D eigenvalue weighted by Crippen LogP contribution is -2.35. The number of carboxylic acids is 1. The quantitative estimate of drug-likeness (QED) is 0.781. The number of carboxylic acid groups (broad SMARTS) is 1. The van der Waals surface area contributed by atoms with Crippen LogP contribution in [0.1, 0.15) is 25.7 Å². The SMILES string of the molecule is O=C(O)CC1CCN(S(=O)(=O)CC2CCCO2)C1. The molecule has 0 spiro atoms. The van der Waals surface area contributed by atoms with Crippen molar-refractivity contribution in [1.29, 1.82) is 0 Å². The van der Waals surface area contributed by atoms with Crippen LogP contribution in [0.15, 0.2) is 0 Å². The molecule has 7 heteroatoms. The van der Waals surface area contributed by atoms with Gasteiger partial charge in [0.2, 0.25) is 10.0 Å². The topological polar surface area (TPSA) is 83.9 Å². The molecule has 2 heterocycles. The highest BCUT2D eigenvalue weighted by Crippen LogP contribution is 2.24. The maximum absolute atomic E-state index is 12.1. The van der Waals surface area contributed by atoms with Crippen LogP contribution in [0.5, 0.6) is 0 Å². The molecule has 2 unspecified atom stereocenters. The van der Waals surface area contributed by atoms with Gasteiger partial charge in [0.15, 0.2) is 0 Å². The van der Waals surface area contributed by atoms with Gasteiger partial charge in [-0.25, -0.2) is 12.7 Å². The molecule has 2 fully saturated rings. The van der Waals surface area contributed by atoms with Gasteiger partial charge in [0.05, 0.1) is 11.9 Å². The molecule has 2 atom stereocenters. The van der Waals surface area contributed by atoms with Crippen molar-refractivity contribution in [2.45, 2.75) is 31.8 Å². The molecule has 0 radical (unpaired) electrons. The predicted octanol–water partition coefficient (Wildman–Crippen LogP) is 0.292. The molecule has 2 aliphatic rings. The number of aliphatic carboxylic acids is 1. The van der Waals surface area contributed by atoms with E-state index in [0.29, 0.717) is 26.1 Å². The van der Waals surface area contributed by atoms with Crippen molar-refractivity contribution < 1.29 is 23.1 Å². The average molecular weight is 277 g/mol. The molecule has 0 aromatic carbocycles. The highest BCUT2D eigenvalue weighted by molar-refractivity contribution is 7.89. The zero-order valence-corrected chi connectivity index (χ0v) is 11.1. The van der Waals surface area contributed by atoms with Gasteiger partial charge in [0, 0.05) is 26.1 Å². The first-order valence-electron chi connectivity index (χ1n) is 6.28. The maximum atomic E-state index is 12.1. The number of sulfonamides is 1. The van der Waals surface area contributed by atoms with E-state index in [0.717, 1.165) is 12.8 Å². The Kier molecular flexibility index (Phi) is 4.24. The highest BCUT2D eigenvalue weighted by atomic mass is 32.2. The summed E-state index contributed by atoms with van der Waals surface area (Å²) in [7, 11) is -3.30. The number of rotatable bonds is 5. The summed E-state index contributed by atoms with van der Waals surface area (Å²) in [6.45, 7) is 1.41. The number of nitrogens with zero attached hydrogens (tertiary/aromatic N) is 1. The Hall–Kier alpha value is -0.660. The van der Waals surface area contributed by atoms with Crippen LogP contribution in [-0.4, -0.2) is 55.4 Å². The largest absolute Gasteiger partial charge is 0.481 e. The van der Waals surface area contributed by atoms with Crippen LogP contribution in [0.4, 0.5) is 0 Å². The third-order valence-corrected chi connectivity index (χ3v) is 5.44. The summed E-state index contributed by atoms with van der Waals surface area (Å²) < 4.78 is 31.0. The summed E-state index contributed by atoms with van der Waals surface area (Å²) in [5.41, 5.74) is 0. The Morgan fingerprint density at radius 2 is 2.17 bits per heavy atom. The highest BCUT2D eigenvalue weighted by Gasteiger charge is 2.34. The Morgan fingerprint density at radius 1 is 1.39 bits per heavy atom. The van der Waals surface area contributed by atoms with Crippen molar-refractivity contribution in [3.8, 4) is 0 Å². The monoisotopic (exact) mass is 277 g/mol. The van der Waals surface area contributed by atoms with E-state index in [9.17, 15) is 13.2 Å². The minimum atomic E-state index is -3.30. The molecule has 6 nitrogen and oxygen atoms in total. The third-order valence-electron chi connectivity index (χ3n) is 3.53. The zero-order valence-electron chi connectivity index (χ0n) is 10.2. The lowest BCUT2D eigenvalue weighted by Gasteiger charge is -2.18. The fourth-order valence-electron chi connectivity index (χ4n) is 2.58. The van der Waals surface area contributed by atoms with Crippen molar-refractivity contribution in [2.75, 3.05) is 25.4 Å². The van der Waals surface area contributed by atoms with E-state index in [1.165, 1.54) is 4.31 Å². The van der Waals surface area contributed by atoms with E-state index < -0.39 is 16.0 Å². The minimum Gasteiger partial charge on any atom is -0.481 e. The molecule has 0 aliphatic carbocycles. The molecule has 0 aromatic heterocycles. The molecule has 2 aliphatic heterocycles. The van der Waals surface area contributed by atoms with Crippen LogP contribution in [0.2, 0.25) is 0 Å². The van der Waals surface area contributed by atoms with Crippen LogP contribution in [0, 0.1) is 5.92 Å². The minimum absolute atomic E-state index is 0.0345. The van der Waals surface area contributed by atoms with Gasteiger partial charge in [-0.05, 0) is 25.2 Å². The molecular formula is C11H19NO5S. The number of hydrogen-bond acceptors (Lipinski definition) is 4. The molecule has 2 saturated heterocycles. The Morgan fingerprint density at radius 3 is 2.78 bits per heavy atom. The number of hydrogen-bond donors (Lipinski definition) is 1. The van der Waals surface area contributed by atoms with Crippen molar-refractivity contribution in [2.24, 2.45) is 5.92 Å².